The Hall–Kier alpha value is -3.00. The zero-order valence-corrected chi connectivity index (χ0v) is 15.2. The van der Waals surface area contributed by atoms with E-state index in [1.165, 1.54) is 10.9 Å². The molecule has 4 rings (SSSR count). The smallest absolute Gasteiger partial charge is 0.261 e. The highest BCUT2D eigenvalue weighted by molar-refractivity contribution is 5.90. The molecule has 0 saturated carbocycles. The Kier molecular flexibility index (Phi) is 4.72. The van der Waals surface area contributed by atoms with Crippen LogP contribution < -0.4 is 10.9 Å². The van der Waals surface area contributed by atoms with Gasteiger partial charge in [0.2, 0.25) is 5.91 Å². The summed E-state index contributed by atoms with van der Waals surface area (Å²) >= 11 is 0. The molecule has 1 fully saturated rings. The van der Waals surface area contributed by atoms with Crippen LogP contribution in [0, 0.1) is 0 Å². The van der Waals surface area contributed by atoms with Gasteiger partial charge in [-0.15, -0.1) is 0 Å². The van der Waals surface area contributed by atoms with E-state index in [2.05, 4.69) is 27.3 Å². The zero-order chi connectivity index (χ0) is 18.8. The molecule has 1 aromatic carbocycles. The molecule has 1 saturated heterocycles. The van der Waals surface area contributed by atoms with Crippen molar-refractivity contribution in [3.05, 3.63) is 53.2 Å². The average molecular weight is 366 g/mol. The molecule has 1 N–H and O–H groups in total. The van der Waals surface area contributed by atoms with Gasteiger partial charge in [0, 0.05) is 6.07 Å². The van der Waals surface area contributed by atoms with Crippen molar-refractivity contribution < 1.29 is 4.79 Å². The Bertz CT molecular complexity index is 1020. The Morgan fingerprint density at radius 3 is 2.81 bits per heavy atom. The maximum Gasteiger partial charge on any atom is 0.261 e. The van der Waals surface area contributed by atoms with Crippen molar-refractivity contribution >= 4 is 22.6 Å². The predicted octanol–water partition coefficient (Wildman–Crippen LogP) is 1.50. The maximum atomic E-state index is 12.5. The number of nitrogens with one attached hydrogen (secondary N) is 1. The fraction of sp³-hybridized carbons (Fsp3) is 0.368. The van der Waals surface area contributed by atoms with Crippen LogP contribution in [-0.4, -0.2) is 50.3 Å². The van der Waals surface area contributed by atoms with Crippen LogP contribution in [0.25, 0.3) is 10.9 Å². The number of fused-ring (bicyclic) bond motifs is 1. The fourth-order valence-electron chi connectivity index (χ4n) is 3.50. The molecule has 0 bridgehead atoms. The molecule has 0 aliphatic carbocycles. The number of piperidine rings is 1. The van der Waals surface area contributed by atoms with Crippen LogP contribution in [0.5, 0.6) is 0 Å². The van der Waals surface area contributed by atoms with Gasteiger partial charge in [0.25, 0.3) is 5.56 Å². The molecular weight excluding hydrogens is 344 g/mol. The molecule has 0 unspecified atom stereocenters. The second kappa shape index (κ2) is 7.32. The number of anilines is 1. The molecule has 0 spiro atoms. The predicted molar refractivity (Wildman–Crippen MR) is 103 cm³/mol. The molecule has 1 aliphatic heterocycles. The quantitative estimate of drug-likeness (QED) is 0.756. The van der Waals surface area contributed by atoms with Crippen molar-refractivity contribution in [2.24, 2.45) is 0 Å². The van der Waals surface area contributed by atoms with E-state index in [1.54, 1.807) is 30.5 Å². The van der Waals surface area contributed by atoms with Crippen molar-refractivity contribution in [2.45, 2.75) is 25.4 Å². The maximum absolute atomic E-state index is 12.5. The molecule has 27 heavy (non-hydrogen) atoms. The van der Waals surface area contributed by atoms with Crippen LogP contribution in [-0.2, 0) is 11.3 Å². The number of hydrogen-bond donors (Lipinski definition) is 1. The van der Waals surface area contributed by atoms with E-state index < -0.39 is 0 Å². The molecule has 8 heteroatoms. The Labute approximate surface area is 156 Å². The van der Waals surface area contributed by atoms with E-state index in [-0.39, 0.29) is 24.1 Å². The molecule has 3 aromatic rings. The second-order valence-electron chi connectivity index (χ2n) is 6.94. The number of nitrogens with zero attached hydrogens (tertiary/aromatic N) is 5. The SMILES string of the molecule is CN1CCC(n2nccc2NC(=O)Cn2cnc3ccccc3c2=O)CC1. The number of rotatable bonds is 4. The topological polar surface area (TPSA) is 85.1 Å². The van der Waals surface area contributed by atoms with Crippen molar-refractivity contribution in [2.75, 3.05) is 25.5 Å². The van der Waals surface area contributed by atoms with Crippen molar-refractivity contribution in [1.29, 1.82) is 0 Å². The number of carbonyl (C=O) groups is 1. The molecule has 1 amide bonds. The number of para-hydroxylation sites is 1. The van der Waals surface area contributed by atoms with E-state index in [0.717, 1.165) is 25.9 Å². The van der Waals surface area contributed by atoms with E-state index in [1.807, 2.05) is 10.7 Å². The lowest BCUT2D eigenvalue weighted by Gasteiger charge is -2.30. The van der Waals surface area contributed by atoms with Crippen LogP contribution >= 0.6 is 0 Å². The third-order valence-electron chi connectivity index (χ3n) is 5.02. The van der Waals surface area contributed by atoms with Gasteiger partial charge in [-0.3, -0.25) is 14.2 Å². The highest BCUT2D eigenvalue weighted by atomic mass is 16.2. The minimum Gasteiger partial charge on any atom is -0.309 e. The summed E-state index contributed by atoms with van der Waals surface area (Å²) in [4.78, 5) is 31.6. The van der Waals surface area contributed by atoms with Gasteiger partial charge in [-0.05, 0) is 45.1 Å². The number of likely N-dealkylation sites (tertiary alicyclic amines) is 1. The van der Waals surface area contributed by atoms with E-state index in [9.17, 15) is 9.59 Å². The molecule has 140 valence electrons. The lowest BCUT2D eigenvalue weighted by atomic mass is 10.1. The summed E-state index contributed by atoms with van der Waals surface area (Å²) < 4.78 is 3.21. The molecule has 1 aliphatic rings. The van der Waals surface area contributed by atoms with Gasteiger partial charge < -0.3 is 10.2 Å². The number of hydrogen-bond acceptors (Lipinski definition) is 5. The standard InChI is InChI=1S/C19H22N6O2/c1-23-10-7-14(8-11-23)25-17(6-9-21-25)22-18(26)12-24-13-20-16-5-3-2-4-15(16)19(24)27/h2-6,9,13-14H,7-8,10-12H2,1H3,(H,22,26). The summed E-state index contributed by atoms with van der Waals surface area (Å²) in [7, 11) is 2.11. The fourth-order valence-corrected chi connectivity index (χ4v) is 3.50. The molecule has 2 aromatic heterocycles. The van der Waals surface area contributed by atoms with Crippen molar-refractivity contribution in [3.8, 4) is 0 Å². The summed E-state index contributed by atoms with van der Waals surface area (Å²) in [6.07, 6.45) is 5.10. The molecule has 8 nitrogen and oxygen atoms in total. The summed E-state index contributed by atoms with van der Waals surface area (Å²) in [5, 5.41) is 7.77. The summed E-state index contributed by atoms with van der Waals surface area (Å²) in [6.45, 7) is 1.93. The van der Waals surface area contributed by atoms with Crippen LogP contribution in [0.3, 0.4) is 0 Å². The first-order valence-corrected chi connectivity index (χ1v) is 9.08. The zero-order valence-electron chi connectivity index (χ0n) is 15.2. The lowest BCUT2D eigenvalue weighted by Crippen LogP contribution is -2.33. The first-order valence-electron chi connectivity index (χ1n) is 9.08. The molecule has 0 radical (unpaired) electrons. The Balaban J connectivity index is 1.49. The van der Waals surface area contributed by atoms with Crippen molar-refractivity contribution in [3.63, 3.8) is 0 Å². The minimum atomic E-state index is -0.274. The lowest BCUT2D eigenvalue weighted by molar-refractivity contribution is -0.116. The second-order valence-corrected chi connectivity index (χ2v) is 6.94. The van der Waals surface area contributed by atoms with Gasteiger partial charge in [-0.25, -0.2) is 9.67 Å². The summed E-state index contributed by atoms with van der Waals surface area (Å²) in [6, 6.07) is 9.18. The number of carbonyl (C=O) groups excluding carboxylic acids is 1. The van der Waals surface area contributed by atoms with E-state index in [4.69, 9.17) is 0 Å². The van der Waals surface area contributed by atoms with Gasteiger partial charge in [0.15, 0.2) is 0 Å². The first-order chi connectivity index (χ1) is 13.1. The van der Waals surface area contributed by atoms with Gasteiger partial charge in [-0.1, -0.05) is 12.1 Å². The molecule has 3 heterocycles. The summed E-state index contributed by atoms with van der Waals surface area (Å²) in [5.74, 6) is 0.389. The van der Waals surface area contributed by atoms with Crippen molar-refractivity contribution in [1.82, 2.24) is 24.2 Å². The number of aromatic nitrogens is 4. The highest BCUT2D eigenvalue weighted by Crippen LogP contribution is 2.24. The van der Waals surface area contributed by atoms with Crippen LogP contribution in [0.2, 0.25) is 0 Å². The normalized spacial score (nSPS) is 15.9. The first kappa shape index (κ1) is 17.4. The summed E-state index contributed by atoms with van der Waals surface area (Å²) in [5.41, 5.74) is 0.402. The average Bonchev–Trinajstić information content (AvgIpc) is 3.13. The van der Waals surface area contributed by atoms with Gasteiger partial charge in [0.05, 0.1) is 29.5 Å². The van der Waals surface area contributed by atoms with Gasteiger partial charge in [0.1, 0.15) is 12.4 Å². The largest absolute Gasteiger partial charge is 0.309 e. The van der Waals surface area contributed by atoms with E-state index in [0.29, 0.717) is 16.7 Å². The number of benzene rings is 1. The third kappa shape index (κ3) is 3.61. The monoisotopic (exact) mass is 366 g/mol. The van der Waals surface area contributed by atoms with Crippen LogP contribution in [0.1, 0.15) is 18.9 Å². The van der Waals surface area contributed by atoms with Crippen LogP contribution in [0.15, 0.2) is 47.7 Å². The Morgan fingerprint density at radius 1 is 1.22 bits per heavy atom. The molecular formula is C19H22N6O2. The minimum absolute atomic E-state index is 0.0880. The van der Waals surface area contributed by atoms with E-state index >= 15 is 0 Å². The van der Waals surface area contributed by atoms with Gasteiger partial charge >= 0.3 is 0 Å². The Morgan fingerprint density at radius 2 is 2.00 bits per heavy atom. The third-order valence-corrected chi connectivity index (χ3v) is 5.02. The molecule has 0 atom stereocenters. The highest BCUT2D eigenvalue weighted by Gasteiger charge is 2.21. The van der Waals surface area contributed by atoms with Gasteiger partial charge in [-0.2, -0.15) is 5.10 Å². The number of amides is 1. The van der Waals surface area contributed by atoms with Crippen LogP contribution in [0.4, 0.5) is 5.82 Å².